The van der Waals surface area contributed by atoms with Crippen LogP contribution >= 0.6 is 22.9 Å². The highest BCUT2D eigenvalue weighted by Gasteiger charge is 1.98. The molecule has 0 atom stereocenters. The Hall–Kier alpha value is -1.19. The Kier molecular flexibility index (Phi) is 3.70. The summed E-state index contributed by atoms with van der Waals surface area (Å²) >= 11 is 7.49. The van der Waals surface area contributed by atoms with E-state index in [2.05, 4.69) is 11.4 Å². The second-order valence-corrected chi connectivity index (χ2v) is 5.31. The molecule has 0 unspecified atom stereocenters. The number of nitrogen functional groups attached to an aromatic ring is 1. The van der Waals surface area contributed by atoms with Crippen molar-refractivity contribution < 1.29 is 0 Å². The Bertz CT molecular complexity index is 468. The minimum Gasteiger partial charge on any atom is -0.399 e. The summed E-state index contributed by atoms with van der Waals surface area (Å²) < 4.78 is 0.846. The van der Waals surface area contributed by atoms with E-state index >= 15 is 0 Å². The van der Waals surface area contributed by atoms with Crippen molar-refractivity contribution in [3.63, 3.8) is 0 Å². The number of nitrogens with one attached hydrogen (secondary N) is 1. The van der Waals surface area contributed by atoms with Crippen LogP contribution < -0.4 is 11.1 Å². The van der Waals surface area contributed by atoms with Gasteiger partial charge in [-0.2, -0.15) is 0 Å². The normalized spacial score (nSPS) is 10.3. The largest absolute Gasteiger partial charge is 0.399 e. The first-order valence-corrected chi connectivity index (χ1v) is 6.27. The third kappa shape index (κ3) is 3.15. The zero-order chi connectivity index (χ0) is 11.4. The lowest BCUT2D eigenvalue weighted by Crippen LogP contribution is -2.03. The van der Waals surface area contributed by atoms with E-state index in [4.69, 9.17) is 17.3 Å². The summed E-state index contributed by atoms with van der Waals surface area (Å²) in [5.74, 6) is 0. The maximum Gasteiger partial charge on any atom is 0.0931 e. The second-order valence-electron chi connectivity index (χ2n) is 3.51. The fourth-order valence-corrected chi connectivity index (χ4v) is 2.55. The second kappa shape index (κ2) is 5.23. The first kappa shape index (κ1) is 11.3. The number of hydrogen-bond acceptors (Lipinski definition) is 3. The van der Waals surface area contributed by atoms with E-state index in [-0.39, 0.29) is 0 Å². The Balaban J connectivity index is 1.84. The van der Waals surface area contributed by atoms with Crippen LogP contribution in [0.3, 0.4) is 0 Å². The number of rotatable bonds is 4. The molecule has 1 aromatic heterocycles. The molecule has 1 aromatic carbocycles. The predicted octanol–water partition coefficient (Wildman–Crippen LogP) is 3.64. The first-order chi connectivity index (χ1) is 7.74. The van der Waals surface area contributed by atoms with Crippen molar-refractivity contribution in [3.8, 4) is 0 Å². The van der Waals surface area contributed by atoms with Crippen molar-refractivity contribution in [3.05, 3.63) is 45.6 Å². The van der Waals surface area contributed by atoms with Gasteiger partial charge in [-0.3, -0.25) is 0 Å². The molecule has 16 heavy (non-hydrogen) atoms. The highest BCUT2D eigenvalue weighted by atomic mass is 35.5. The van der Waals surface area contributed by atoms with Crippen molar-refractivity contribution in [2.24, 2.45) is 0 Å². The lowest BCUT2D eigenvalue weighted by molar-refractivity contribution is 1.04. The number of nitrogens with two attached hydrogens (primary N) is 1. The molecule has 0 fully saturated rings. The van der Waals surface area contributed by atoms with Gasteiger partial charge < -0.3 is 11.1 Å². The van der Waals surface area contributed by atoms with E-state index in [1.807, 2.05) is 30.3 Å². The van der Waals surface area contributed by atoms with Gasteiger partial charge in [0.05, 0.1) is 4.34 Å². The topological polar surface area (TPSA) is 38.0 Å². The molecule has 0 aliphatic rings. The van der Waals surface area contributed by atoms with Gasteiger partial charge >= 0.3 is 0 Å². The maximum absolute atomic E-state index is 5.86. The van der Waals surface area contributed by atoms with Gasteiger partial charge in [-0.15, -0.1) is 11.3 Å². The summed E-state index contributed by atoms with van der Waals surface area (Å²) in [6, 6.07) is 11.8. The Morgan fingerprint density at radius 2 is 2.12 bits per heavy atom. The molecule has 2 aromatic rings. The average Bonchev–Trinajstić information content (AvgIpc) is 2.64. The van der Waals surface area contributed by atoms with Gasteiger partial charge in [0.25, 0.3) is 0 Å². The zero-order valence-electron chi connectivity index (χ0n) is 8.74. The van der Waals surface area contributed by atoms with Crippen molar-refractivity contribution >= 4 is 34.3 Å². The number of halogens is 1. The minimum atomic E-state index is 0.782. The third-order valence-electron chi connectivity index (χ3n) is 2.22. The van der Waals surface area contributed by atoms with Gasteiger partial charge in [0.15, 0.2) is 0 Å². The predicted molar refractivity (Wildman–Crippen MR) is 72.4 cm³/mol. The quantitative estimate of drug-likeness (QED) is 0.816. The molecule has 0 saturated heterocycles. The molecule has 0 bridgehead atoms. The van der Waals surface area contributed by atoms with E-state index < -0.39 is 0 Å². The summed E-state index contributed by atoms with van der Waals surface area (Å²) in [6.07, 6.45) is 0.978. The molecule has 0 radical (unpaired) electrons. The van der Waals surface area contributed by atoms with E-state index in [9.17, 15) is 0 Å². The van der Waals surface area contributed by atoms with Gasteiger partial charge in [0.2, 0.25) is 0 Å². The zero-order valence-corrected chi connectivity index (χ0v) is 10.3. The van der Waals surface area contributed by atoms with Gasteiger partial charge in [-0.1, -0.05) is 17.7 Å². The lowest BCUT2D eigenvalue weighted by atomic mass is 10.2. The van der Waals surface area contributed by atoms with Crippen LogP contribution in [0.15, 0.2) is 36.4 Å². The van der Waals surface area contributed by atoms with Gasteiger partial charge in [0, 0.05) is 22.8 Å². The van der Waals surface area contributed by atoms with Gasteiger partial charge in [-0.05, 0) is 36.8 Å². The van der Waals surface area contributed by atoms with Crippen LogP contribution in [-0.4, -0.2) is 6.54 Å². The monoisotopic (exact) mass is 252 g/mol. The van der Waals surface area contributed by atoms with Crippen LogP contribution in [0.5, 0.6) is 0 Å². The fraction of sp³-hybridized carbons (Fsp3) is 0.167. The van der Waals surface area contributed by atoms with Crippen LogP contribution in [0.4, 0.5) is 11.4 Å². The summed E-state index contributed by atoms with van der Waals surface area (Å²) in [5.41, 5.74) is 7.53. The molecule has 1 heterocycles. The SMILES string of the molecule is Nc1cccc(NCCc2ccc(Cl)s2)c1. The molecule has 84 valence electrons. The van der Waals surface area contributed by atoms with E-state index in [1.165, 1.54) is 4.88 Å². The summed E-state index contributed by atoms with van der Waals surface area (Å²) in [6.45, 7) is 0.889. The van der Waals surface area contributed by atoms with Crippen LogP contribution in [0.25, 0.3) is 0 Å². The summed E-state index contributed by atoms with van der Waals surface area (Å²) in [5, 5.41) is 3.33. The van der Waals surface area contributed by atoms with Crippen LogP contribution in [-0.2, 0) is 6.42 Å². The number of hydrogen-bond donors (Lipinski definition) is 2. The maximum atomic E-state index is 5.86. The van der Waals surface area contributed by atoms with Crippen molar-refractivity contribution in [2.45, 2.75) is 6.42 Å². The number of anilines is 2. The van der Waals surface area contributed by atoms with Crippen LogP contribution in [0.1, 0.15) is 4.88 Å². The fourth-order valence-electron chi connectivity index (χ4n) is 1.46. The van der Waals surface area contributed by atoms with Crippen molar-refractivity contribution in [2.75, 3.05) is 17.6 Å². The number of thiophene rings is 1. The van der Waals surface area contributed by atoms with Gasteiger partial charge in [0.1, 0.15) is 0 Å². The molecule has 3 N–H and O–H groups in total. The molecule has 2 nitrogen and oxygen atoms in total. The third-order valence-corrected chi connectivity index (χ3v) is 3.51. The summed E-state index contributed by atoms with van der Waals surface area (Å²) in [7, 11) is 0. The van der Waals surface area contributed by atoms with E-state index in [0.717, 1.165) is 28.7 Å². The van der Waals surface area contributed by atoms with Crippen molar-refractivity contribution in [1.82, 2.24) is 0 Å². The Morgan fingerprint density at radius 3 is 2.81 bits per heavy atom. The van der Waals surface area contributed by atoms with Crippen LogP contribution in [0, 0.1) is 0 Å². The average molecular weight is 253 g/mol. The molecule has 0 spiro atoms. The molecule has 0 aliphatic carbocycles. The van der Waals surface area contributed by atoms with Gasteiger partial charge in [-0.25, -0.2) is 0 Å². The smallest absolute Gasteiger partial charge is 0.0931 e. The Morgan fingerprint density at radius 1 is 1.25 bits per heavy atom. The van der Waals surface area contributed by atoms with Crippen molar-refractivity contribution in [1.29, 1.82) is 0 Å². The minimum absolute atomic E-state index is 0.782. The molecule has 2 rings (SSSR count). The first-order valence-electron chi connectivity index (χ1n) is 5.08. The van der Waals surface area contributed by atoms with E-state index in [0.29, 0.717) is 0 Å². The van der Waals surface area contributed by atoms with E-state index in [1.54, 1.807) is 11.3 Å². The highest BCUT2D eigenvalue weighted by Crippen LogP contribution is 2.21. The summed E-state index contributed by atoms with van der Waals surface area (Å²) in [4.78, 5) is 1.29. The molecule has 4 heteroatoms. The molecule has 0 saturated carbocycles. The molecule has 0 amide bonds. The Labute approximate surface area is 104 Å². The lowest BCUT2D eigenvalue weighted by Gasteiger charge is -2.05. The van der Waals surface area contributed by atoms with Crippen LogP contribution in [0.2, 0.25) is 4.34 Å². The number of benzene rings is 1. The standard InChI is InChI=1S/C12H13ClN2S/c13-12-5-4-11(16-12)6-7-15-10-3-1-2-9(14)8-10/h1-5,8,15H,6-7,14H2. The molecular formula is C12H13ClN2S. The highest BCUT2D eigenvalue weighted by molar-refractivity contribution is 7.16. The molecule has 0 aliphatic heterocycles. The molecular weight excluding hydrogens is 240 g/mol.